The van der Waals surface area contributed by atoms with E-state index in [0.29, 0.717) is 0 Å². The van der Waals surface area contributed by atoms with Crippen molar-refractivity contribution in [2.75, 3.05) is 12.4 Å². The summed E-state index contributed by atoms with van der Waals surface area (Å²) < 4.78 is 5.48. The predicted molar refractivity (Wildman–Crippen MR) is 75.9 cm³/mol. The van der Waals surface area contributed by atoms with Crippen molar-refractivity contribution in [3.8, 4) is 0 Å². The molecule has 0 spiro atoms. The Morgan fingerprint density at radius 2 is 2.06 bits per heavy atom. The van der Waals surface area contributed by atoms with Gasteiger partial charge in [0.1, 0.15) is 0 Å². The molecule has 3 heteroatoms. The maximum atomic E-state index is 5.48. The van der Waals surface area contributed by atoms with Crippen LogP contribution in [-0.2, 0) is 4.74 Å². The van der Waals surface area contributed by atoms with Gasteiger partial charge in [0, 0.05) is 24.4 Å². The molecule has 0 fully saturated rings. The van der Waals surface area contributed by atoms with Gasteiger partial charge in [-0.05, 0) is 45.0 Å². The number of ether oxygens (including phenoxy) is 1. The van der Waals surface area contributed by atoms with Gasteiger partial charge in [-0.1, -0.05) is 6.07 Å². The molecule has 1 aromatic heterocycles. The molecule has 0 aliphatic rings. The lowest BCUT2D eigenvalue weighted by molar-refractivity contribution is 0.0107. The second kappa shape index (κ2) is 4.94. The zero-order chi connectivity index (χ0) is 13.2. The Morgan fingerprint density at radius 1 is 1.28 bits per heavy atom. The smallest absolute Gasteiger partial charge is 0.0820 e. The molecule has 0 aliphatic carbocycles. The van der Waals surface area contributed by atoms with Crippen LogP contribution in [0.15, 0.2) is 36.5 Å². The average molecular weight is 244 g/mol. The number of fused-ring (bicyclic) bond motifs is 1. The number of nitrogens with one attached hydrogen (secondary N) is 1. The lowest BCUT2D eigenvalue weighted by atomic mass is 10.00. The van der Waals surface area contributed by atoms with E-state index in [9.17, 15) is 0 Å². The zero-order valence-electron chi connectivity index (χ0n) is 11.4. The van der Waals surface area contributed by atoms with E-state index in [4.69, 9.17) is 4.74 Å². The van der Waals surface area contributed by atoms with E-state index in [1.54, 1.807) is 7.11 Å². The molecule has 2 rings (SSSR count). The third kappa shape index (κ3) is 2.62. The number of rotatable bonds is 4. The number of anilines is 1. The van der Waals surface area contributed by atoms with Crippen LogP contribution in [-0.4, -0.2) is 23.7 Å². The molecule has 1 heterocycles. The molecule has 18 heavy (non-hydrogen) atoms. The van der Waals surface area contributed by atoms with Crippen LogP contribution in [0.1, 0.15) is 20.8 Å². The molecular weight excluding hydrogens is 224 g/mol. The summed E-state index contributed by atoms with van der Waals surface area (Å²) in [5.41, 5.74) is 1.90. The predicted octanol–water partition coefficient (Wildman–Crippen LogP) is 3.46. The topological polar surface area (TPSA) is 34.1 Å². The minimum atomic E-state index is -0.204. The Bertz CT molecular complexity index is 537. The van der Waals surface area contributed by atoms with Crippen molar-refractivity contribution < 1.29 is 4.74 Å². The minimum Gasteiger partial charge on any atom is -0.380 e. The third-order valence-electron chi connectivity index (χ3n) is 3.56. The fourth-order valence-electron chi connectivity index (χ4n) is 1.77. The summed E-state index contributed by atoms with van der Waals surface area (Å²) in [5, 5.41) is 4.62. The Kier molecular flexibility index (Phi) is 3.53. The van der Waals surface area contributed by atoms with Gasteiger partial charge in [0.2, 0.25) is 0 Å². The first-order valence-electron chi connectivity index (χ1n) is 6.19. The first-order valence-corrected chi connectivity index (χ1v) is 6.19. The van der Waals surface area contributed by atoms with Crippen molar-refractivity contribution in [2.45, 2.75) is 32.4 Å². The van der Waals surface area contributed by atoms with E-state index in [2.05, 4.69) is 49.3 Å². The molecule has 96 valence electrons. The van der Waals surface area contributed by atoms with Crippen LogP contribution in [0.4, 0.5) is 5.69 Å². The number of pyridine rings is 1. The zero-order valence-corrected chi connectivity index (χ0v) is 11.4. The van der Waals surface area contributed by atoms with E-state index in [0.717, 1.165) is 16.6 Å². The molecule has 0 saturated carbocycles. The van der Waals surface area contributed by atoms with Crippen LogP contribution in [0.25, 0.3) is 10.9 Å². The van der Waals surface area contributed by atoms with E-state index >= 15 is 0 Å². The highest BCUT2D eigenvalue weighted by Gasteiger charge is 2.24. The van der Waals surface area contributed by atoms with Crippen LogP contribution >= 0.6 is 0 Å². The quantitative estimate of drug-likeness (QED) is 0.894. The number of nitrogens with zero attached hydrogens (tertiary/aromatic N) is 1. The second-order valence-corrected chi connectivity index (χ2v) is 5.08. The molecule has 0 aliphatic heterocycles. The monoisotopic (exact) mass is 244 g/mol. The van der Waals surface area contributed by atoms with Gasteiger partial charge in [-0.25, -0.2) is 0 Å². The molecule has 1 aromatic carbocycles. The lowest BCUT2D eigenvalue weighted by Crippen LogP contribution is -2.41. The highest BCUT2D eigenvalue weighted by Crippen LogP contribution is 2.21. The summed E-state index contributed by atoms with van der Waals surface area (Å²) in [6.45, 7) is 6.28. The molecule has 3 nitrogen and oxygen atoms in total. The van der Waals surface area contributed by atoms with Crippen LogP contribution in [0, 0.1) is 0 Å². The van der Waals surface area contributed by atoms with E-state index in [-0.39, 0.29) is 11.6 Å². The number of methoxy groups -OCH3 is 1. The first kappa shape index (κ1) is 12.8. The highest BCUT2D eigenvalue weighted by atomic mass is 16.5. The summed E-state index contributed by atoms with van der Waals surface area (Å²) in [4.78, 5) is 4.31. The number of benzene rings is 1. The summed E-state index contributed by atoms with van der Waals surface area (Å²) in [6, 6.07) is 10.4. The van der Waals surface area contributed by atoms with Gasteiger partial charge in [0.15, 0.2) is 0 Å². The fourth-order valence-corrected chi connectivity index (χ4v) is 1.77. The molecule has 1 atom stereocenters. The van der Waals surface area contributed by atoms with Crippen LogP contribution < -0.4 is 5.32 Å². The molecular formula is C15H20N2O. The van der Waals surface area contributed by atoms with Gasteiger partial charge < -0.3 is 10.1 Å². The molecule has 0 bridgehead atoms. The van der Waals surface area contributed by atoms with Crippen molar-refractivity contribution >= 4 is 16.6 Å². The molecule has 1 unspecified atom stereocenters. The minimum absolute atomic E-state index is 0.204. The summed E-state index contributed by atoms with van der Waals surface area (Å²) >= 11 is 0. The van der Waals surface area contributed by atoms with E-state index in [1.165, 1.54) is 0 Å². The fraction of sp³-hybridized carbons (Fsp3) is 0.400. The van der Waals surface area contributed by atoms with Crippen molar-refractivity contribution in [3.63, 3.8) is 0 Å². The molecule has 1 N–H and O–H groups in total. The van der Waals surface area contributed by atoms with Gasteiger partial charge >= 0.3 is 0 Å². The Balaban J connectivity index is 2.22. The lowest BCUT2D eigenvalue weighted by Gasteiger charge is -2.31. The average Bonchev–Trinajstić information content (AvgIpc) is 2.38. The number of hydrogen-bond acceptors (Lipinski definition) is 3. The Hall–Kier alpha value is -1.61. The largest absolute Gasteiger partial charge is 0.380 e. The Labute approximate surface area is 108 Å². The van der Waals surface area contributed by atoms with Gasteiger partial charge in [-0.2, -0.15) is 0 Å². The Morgan fingerprint density at radius 3 is 2.78 bits per heavy atom. The van der Waals surface area contributed by atoms with Gasteiger partial charge in [-0.15, -0.1) is 0 Å². The summed E-state index contributed by atoms with van der Waals surface area (Å²) in [7, 11) is 1.74. The molecule has 0 saturated heterocycles. The van der Waals surface area contributed by atoms with Gasteiger partial charge in [0.05, 0.1) is 17.2 Å². The van der Waals surface area contributed by atoms with Crippen LogP contribution in [0.3, 0.4) is 0 Å². The van der Waals surface area contributed by atoms with Crippen LogP contribution in [0.2, 0.25) is 0 Å². The summed E-state index contributed by atoms with van der Waals surface area (Å²) in [5.74, 6) is 0. The maximum Gasteiger partial charge on any atom is 0.0820 e. The van der Waals surface area contributed by atoms with Crippen LogP contribution in [0.5, 0.6) is 0 Å². The summed E-state index contributed by atoms with van der Waals surface area (Å²) in [6.07, 6.45) is 1.81. The second-order valence-electron chi connectivity index (χ2n) is 5.08. The first-order chi connectivity index (χ1) is 8.53. The normalized spacial score (nSPS) is 13.6. The van der Waals surface area contributed by atoms with Gasteiger partial charge in [-0.3, -0.25) is 4.98 Å². The molecule has 0 amide bonds. The maximum absolute atomic E-state index is 5.48. The number of hydrogen-bond donors (Lipinski definition) is 1. The SMILES string of the molecule is COC(C)(C)C(C)Nc1ccc2ncccc2c1. The van der Waals surface area contributed by atoms with E-state index < -0.39 is 0 Å². The molecule has 0 radical (unpaired) electrons. The van der Waals surface area contributed by atoms with Crippen molar-refractivity contribution in [1.82, 2.24) is 4.98 Å². The van der Waals surface area contributed by atoms with Crippen molar-refractivity contribution in [2.24, 2.45) is 0 Å². The van der Waals surface area contributed by atoms with Gasteiger partial charge in [0.25, 0.3) is 0 Å². The van der Waals surface area contributed by atoms with E-state index in [1.807, 2.05) is 18.3 Å². The highest BCUT2D eigenvalue weighted by molar-refractivity contribution is 5.82. The van der Waals surface area contributed by atoms with Crippen molar-refractivity contribution in [3.05, 3.63) is 36.5 Å². The molecule has 2 aromatic rings. The third-order valence-corrected chi connectivity index (χ3v) is 3.56. The number of aromatic nitrogens is 1. The van der Waals surface area contributed by atoms with Crippen molar-refractivity contribution in [1.29, 1.82) is 0 Å². The standard InChI is InChI=1S/C15H20N2O/c1-11(15(2,3)18-4)17-13-7-8-14-12(10-13)6-5-9-16-14/h5-11,17H,1-4H3.